The average molecular weight is 274 g/mol. The van der Waals surface area contributed by atoms with Gasteiger partial charge in [0, 0.05) is 9.79 Å². The quantitative estimate of drug-likeness (QED) is 0.882. The molecule has 0 spiro atoms. The first kappa shape index (κ1) is 14.0. The fourth-order valence-corrected chi connectivity index (χ4v) is 2.83. The van der Waals surface area contributed by atoms with Crippen LogP contribution < -0.4 is 4.74 Å². The number of hydrogen-bond acceptors (Lipinski definition) is 3. The van der Waals surface area contributed by atoms with Crippen LogP contribution in [0.5, 0.6) is 5.75 Å². The zero-order chi connectivity index (χ0) is 13.7. The molecule has 3 heteroatoms. The van der Waals surface area contributed by atoms with Gasteiger partial charge in [-0.05, 0) is 42.3 Å². The predicted molar refractivity (Wildman–Crippen MR) is 78.8 cm³/mol. The van der Waals surface area contributed by atoms with Crippen LogP contribution in [0.15, 0.2) is 58.3 Å². The summed E-state index contributed by atoms with van der Waals surface area (Å²) in [6, 6.07) is 15.9. The minimum absolute atomic E-state index is 0.401. The van der Waals surface area contributed by atoms with Crippen molar-refractivity contribution in [2.24, 2.45) is 0 Å². The molecule has 100 valence electrons. The van der Waals surface area contributed by atoms with Gasteiger partial charge in [0.2, 0.25) is 0 Å². The van der Waals surface area contributed by atoms with Gasteiger partial charge in [0.1, 0.15) is 5.75 Å². The van der Waals surface area contributed by atoms with E-state index in [1.807, 2.05) is 55.5 Å². The summed E-state index contributed by atoms with van der Waals surface area (Å²) in [7, 11) is 1.66. The molecule has 0 saturated carbocycles. The van der Waals surface area contributed by atoms with Gasteiger partial charge in [0.25, 0.3) is 0 Å². The highest BCUT2D eigenvalue weighted by molar-refractivity contribution is 7.99. The molecule has 1 atom stereocenters. The fraction of sp³-hybridized carbons (Fsp3) is 0.250. The Kier molecular flexibility index (Phi) is 4.88. The van der Waals surface area contributed by atoms with E-state index in [-0.39, 0.29) is 0 Å². The van der Waals surface area contributed by atoms with Gasteiger partial charge in [-0.15, -0.1) is 0 Å². The number of hydrogen-bond donors (Lipinski definition) is 1. The van der Waals surface area contributed by atoms with E-state index in [1.165, 1.54) is 0 Å². The highest BCUT2D eigenvalue weighted by atomic mass is 32.2. The third-order valence-corrected chi connectivity index (χ3v) is 4.05. The maximum absolute atomic E-state index is 10.0. The fourth-order valence-electron chi connectivity index (χ4n) is 1.84. The number of aliphatic hydroxyl groups is 1. The first-order chi connectivity index (χ1) is 9.24. The summed E-state index contributed by atoms with van der Waals surface area (Å²) in [4.78, 5) is 2.23. The Morgan fingerprint density at radius 1 is 1.11 bits per heavy atom. The smallest absolute Gasteiger partial charge is 0.118 e. The molecular weight excluding hydrogens is 256 g/mol. The van der Waals surface area contributed by atoms with Gasteiger partial charge in [-0.25, -0.2) is 0 Å². The normalized spacial score (nSPS) is 12.2. The van der Waals surface area contributed by atoms with Crippen molar-refractivity contribution in [2.45, 2.75) is 29.2 Å². The molecule has 0 bridgehead atoms. The van der Waals surface area contributed by atoms with E-state index in [1.54, 1.807) is 18.9 Å². The van der Waals surface area contributed by atoms with Crippen LogP contribution in [0.25, 0.3) is 0 Å². The molecule has 2 nitrogen and oxygen atoms in total. The molecular formula is C16H18O2S. The standard InChI is InChI=1S/C16H18O2S/c1-3-15(17)14-6-4-5-7-16(14)19-13-10-8-12(18-2)9-11-13/h4-11,15,17H,3H2,1-2H3/t15-/m1/s1. The minimum atomic E-state index is -0.401. The second-order valence-corrected chi connectivity index (χ2v) is 5.35. The Bertz CT molecular complexity index is 523. The molecule has 0 saturated heterocycles. The molecule has 0 amide bonds. The summed E-state index contributed by atoms with van der Waals surface area (Å²) in [6.07, 6.45) is 0.321. The highest BCUT2D eigenvalue weighted by Crippen LogP contribution is 2.34. The molecule has 2 aromatic rings. The number of rotatable bonds is 5. The molecule has 0 aliphatic rings. The van der Waals surface area contributed by atoms with Crippen molar-refractivity contribution < 1.29 is 9.84 Å². The van der Waals surface area contributed by atoms with Gasteiger partial charge in [-0.3, -0.25) is 0 Å². The lowest BCUT2D eigenvalue weighted by Crippen LogP contribution is -1.97. The summed E-state index contributed by atoms with van der Waals surface area (Å²) in [5, 5.41) is 10.0. The first-order valence-corrected chi connectivity index (χ1v) is 7.15. The molecule has 0 aliphatic carbocycles. The molecule has 2 rings (SSSR count). The Hall–Kier alpha value is -1.45. The van der Waals surface area contributed by atoms with Gasteiger partial charge in [-0.1, -0.05) is 36.9 Å². The number of aliphatic hydroxyl groups excluding tert-OH is 1. The average Bonchev–Trinajstić information content (AvgIpc) is 2.48. The van der Waals surface area contributed by atoms with Crippen molar-refractivity contribution in [3.05, 3.63) is 54.1 Å². The van der Waals surface area contributed by atoms with Gasteiger partial charge >= 0.3 is 0 Å². The van der Waals surface area contributed by atoms with E-state index in [9.17, 15) is 5.11 Å². The van der Waals surface area contributed by atoms with E-state index in [4.69, 9.17) is 4.74 Å². The maximum atomic E-state index is 10.0. The molecule has 0 heterocycles. The lowest BCUT2D eigenvalue weighted by atomic mass is 10.1. The molecule has 0 radical (unpaired) electrons. The van der Waals surface area contributed by atoms with Crippen LogP contribution in [0.2, 0.25) is 0 Å². The third-order valence-electron chi connectivity index (χ3n) is 2.95. The van der Waals surface area contributed by atoms with Crippen molar-refractivity contribution in [1.82, 2.24) is 0 Å². The number of benzene rings is 2. The summed E-state index contributed by atoms with van der Waals surface area (Å²) >= 11 is 1.66. The maximum Gasteiger partial charge on any atom is 0.118 e. The van der Waals surface area contributed by atoms with Crippen LogP contribution in [-0.4, -0.2) is 12.2 Å². The van der Waals surface area contributed by atoms with Crippen molar-refractivity contribution >= 4 is 11.8 Å². The van der Waals surface area contributed by atoms with Crippen LogP contribution in [0.4, 0.5) is 0 Å². The predicted octanol–water partition coefficient (Wildman–Crippen LogP) is 4.29. The summed E-state index contributed by atoms with van der Waals surface area (Å²) in [5.74, 6) is 0.853. The lowest BCUT2D eigenvalue weighted by Gasteiger charge is -2.13. The third kappa shape index (κ3) is 3.52. The van der Waals surface area contributed by atoms with Gasteiger partial charge in [0.15, 0.2) is 0 Å². The minimum Gasteiger partial charge on any atom is -0.497 e. The van der Waals surface area contributed by atoms with Crippen molar-refractivity contribution in [1.29, 1.82) is 0 Å². The second-order valence-electron chi connectivity index (χ2n) is 4.24. The highest BCUT2D eigenvalue weighted by Gasteiger charge is 2.10. The van der Waals surface area contributed by atoms with Gasteiger partial charge in [-0.2, -0.15) is 0 Å². The Labute approximate surface area is 118 Å². The van der Waals surface area contributed by atoms with Crippen LogP contribution in [-0.2, 0) is 0 Å². The van der Waals surface area contributed by atoms with Gasteiger partial charge < -0.3 is 9.84 Å². The van der Waals surface area contributed by atoms with Crippen molar-refractivity contribution in [2.75, 3.05) is 7.11 Å². The van der Waals surface area contributed by atoms with E-state index >= 15 is 0 Å². The summed E-state index contributed by atoms with van der Waals surface area (Å²) in [6.45, 7) is 1.99. The van der Waals surface area contributed by atoms with Crippen molar-refractivity contribution in [3.63, 3.8) is 0 Å². The summed E-state index contributed by atoms with van der Waals surface area (Å²) < 4.78 is 5.15. The largest absolute Gasteiger partial charge is 0.497 e. The molecule has 1 N–H and O–H groups in total. The Balaban J connectivity index is 2.22. The summed E-state index contributed by atoms with van der Waals surface area (Å²) in [5.41, 5.74) is 0.991. The first-order valence-electron chi connectivity index (χ1n) is 6.33. The Morgan fingerprint density at radius 2 is 1.79 bits per heavy atom. The van der Waals surface area contributed by atoms with Crippen LogP contribution in [0.1, 0.15) is 25.0 Å². The molecule has 0 fully saturated rings. The Morgan fingerprint density at radius 3 is 2.42 bits per heavy atom. The molecule has 0 aromatic heterocycles. The van der Waals surface area contributed by atoms with E-state index in [2.05, 4.69) is 0 Å². The van der Waals surface area contributed by atoms with Crippen LogP contribution in [0.3, 0.4) is 0 Å². The SMILES string of the molecule is CC[C@@H](O)c1ccccc1Sc1ccc(OC)cc1. The van der Waals surface area contributed by atoms with E-state index in [0.29, 0.717) is 0 Å². The topological polar surface area (TPSA) is 29.5 Å². The molecule has 0 unspecified atom stereocenters. The lowest BCUT2D eigenvalue weighted by molar-refractivity contribution is 0.171. The molecule has 0 aliphatic heterocycles. The number of methoxy groups -OCH3 is 1. The van der Waals surface area contributed by atoms with E-state index in [0.717, 1.165) is 27.5 Å². The second kappa shape index (κ2) is 6.64. The van der Waals surface area contributed by atoms with Crippen LogP contribution >= 0.6 is 11.8 Å². The van der Waals surface area contributed by atoms with Crippen molar-refractivity contribution in [3.8, 4) is 5.75 Å². The zero-order valence-corrected chi connectivity index (χ0v) is 12.0. The van der Waals surface area contributed by atoms with Crippen LogP contribution in [0, 0.1) is 0 Å². The molecule has 2 aromatic carbocycles. The monoisotopic (exact) mass is 274 g/mol. The molecule has 19 heavy (non-hydrogen) atoms. The van der Waals surface area contributed by atoms with Gasteiger partial charge in [0.05, 0.1) is 13.2 Å². The number of ether oxygens (including phenoxy) is 1. The van der Waals surface area contributed by atoms with E-state index < -0.39 is 6.10 Å². The zero-order valence-electron chi connectivity index (χ0n) is 11.2.